The van der Waals surface area contributed by atoms with E-state index in [0.29, 0.717) is 6.54 Å². The fourth-order valence-corrected chi connectivity index (χ4v) is 1.75. The topological polar surface area (TPSA) is 104 Å². The lowest BCUT2D eigenvalue weighted by molar-refractivity contribution is 0.480. The lowest BCUT2D eigenvalue weighted by Gasteiger charge is -2.05. The van der Waals surface area contributed by atoms with Crippen molar-refractivity contribution in [2.75, 3.05) is 38.5 Å². The van der Waals surface area contributed by atoms with Crippen LogP contribution in [-0.4, -0.2) is 51.4 Å². The molecule has 0 aromatic heterocycles. The molecular weight excluding hydrogens is 242 g/mol. The molecule has 0 bridgehead atoms. The van der Waals surface area contributed by atoms with Gasteiger partial charge >= 0.3 is 0 Å². The highest BCUT2D eigenvalue weighted by atomic mass is 32.2. The van der Waals surface area contributed by atoms with Crippen molar-refractivity contribution in [3.05, 3.63) is 0 Å². The van der Waals surface area contributed by atoms with E-state index in [1.807, 2.05) is 0 Å². The second kappa shape index (κ2) is 10.9. The molecule has 0 atom stereocenters. The zero-order chi connectivity index (χ0) is 13.0. The van der Waals surface area contributed by atoms with Gasteiger partial charge in [-0.05, 0) is 51.9 Å². The predicted molar refractivity (Wildman–Crippen MR) is 69.7 cm³/mol. The zero-order valence-electron chi connectivity index (χ0n) is 10.3. The van der Waals surface area contributed by atoms with Gasteiger partial charge < -0.3 is 16.4 Å². The molecule has 0 heterocycles. The molecule has 0 unspecified atom stereocenters. The third kappa shape index (κ3) is 15.8. The van der Waals surface area contributed by atoms with Crippen molar-refractivity contribution in [3.8, 4) is 0 Å². The molecular formula is C10H25N3O3S. The Morgan fingerprint density at radius 3 is 1.82 bits per heavy atom. The first kappa shape index (κ1) is 16.8. The van der Waals surface area contributed by atoms with Gasteiger partial charge in [-0.2, -0.15) is 8.42 Å². The van der Waals surface area contributed by atoms with Crippen LogP contribution in [0.3, 0.4) is 0 Å². The highest BCUT2D eigenvalue weighted by molar-refractivity contribution is 7.85. The molecule has 0 aliphatic carbocycles. The standard InChI is InChI=1S/C10H25N3O3S/c11-5-1-2-6-12-7-3-4-8-13-9-10-17(14,15)16/h12-13H,1-11H2,(H,14,15,16). The highest BCUT2D eigenvalue weighted by Gasteiger charge is 2.01. The monoisotopic (exact) mass is 267 g/mol. The van der Waals surface area contributed by atoms with Crippen LogP contribution in [0.2, 0.25) is 0 Å². The minimum Gasteiger partial charge on any atom is -0.330 e. The summed E-state index contributed by atoms with van der Waals surface area (Å²) in [5.41, 5.74) is 5.37. The molecule has 17 heavy (non-hydrogen) atoms. The molecule has 6 nitrogen and oxygen atoms in total. The maximum atomic E-state index is 10.4. The van der Waals surface area contributed by atoms with E-state index in [1.165, 1.54) is 0 Å². The van der Waals surface area contributed by atoms with Crippen molar-refractivity contribution < 1.29 is 13.0 Å². The smallest absolute Gasteiger partial charge is 0.266 e. The second-order valence-corrected chi connectivity index (χ2v) is 5.56. The van der Waals surface area contributed by atoms with Gasteiger partial charge in [-0.15, -0.1) is 0 Å². The van der Waals surface area contributed by atoms with E-state index in [1.54, 1.807) is 0 Å². The summed E-state index contributed by atoms with van der Waals surface area (Å²) in [6.45, 7) is 3.82. The minimum absolute atomic E-state index is 0.218. The van der Waals surface area contributed by atoms with E-state index in [9.17, 15) is 8.42 Å². The number of hydrogen-bond donors (Lipinski definition) is 4. The first-order valence-corrected chi connectivity index (χ1v) is 7.74. The van der Waals surface area contributed by atoms with Crippen LogP contribution in [0.5, 0.6) is 0 Å². The second-order valence-electron chi connectivity index (χ2n) is 3.99. The summed E-state index contributed by atoms with van der Waals surface area (Å²) in [4.78, 5) is 0. The number of nitrogens with two attached hydrogens (primary N) is 1. The van der Waals surface area contributed by atoms with E-state index in [2.05, 4.69) is 10.6 Å². The molecule has 0 saturated carbocycles. The fraction of sp³-hybridized carbons (Fsp3) is 1.00. The van der Waals surface area contributed by atoms with Gasteiger partial charge in [0.15, 0.2) is 0 Å². The van der Waals surface area contributed by atoms with Crippen molar-refractivity contribution in [2.24, 2.45) is 5.73 Å². The largest absolute Gasteiger partial charge is 0.330 e. The summed E-state index contributed by atoms with van der Waals surface area (Å²) in [6, 6.07) is 0. The van der Waals surface area contributed by atoms with E-state index in [-0.39, 0.29) is 5.75 Å². The molecule has 7 heteroatoms. The quantitative estimate of drug-likeness (QED) is 0.283. The molecule has 0 fully saturated rings. The molecule has 0 rings (SSSR count). The fourth-order valence-electron chi connectivity index (χ4n) is 1.35. The summed E-state index contributed by atoms with van der Waals surface area (Å²) in [6.07, 6.45) is 4.23. The summed E-state index contributed by atoms with van der Waals surface area (Å²) in [7, 11) is -3.82. The van der Waals surface area contributed by atoms with E-state index < -0.39 is 10.1 Å². The number of unbranched alkanes of at least 4 members (excludes halogenated alkanes) is 2. The molecule has 0 saturated heterocycles. The molecule has 0 aromatic rings. The van der Waals surface area contributed by atoms with E-state index in [0.717, 1.165) is 51.9 Å². The zero-order valence-corrected chi connectivity index (χ0v) is 11.1. The Labute approximate surface area is 104 Å². The lowest BCUT2D eigenvalue weighted by atomic mass is 10.3. The van der Waals surface area contributed by atoms with Crippen LogP contribution in [0.25, 0.3) is 0 Å². The van der Waals surface area contributed by atoms with Gasteiger partial charge in [0.2, 0.25) is 0 Å². The van der Waals surface area contributed by atoms with Crippen molar-refractivity contribution in [1.82, 2.24) is 10.6 Å². The molecule has 0 aliphatic heterocycles. The summed E-state index contributed by atoms with van der Waals surface area (Å²) >= 11 is 0. The number of nitrogens with one attached hydrogen (secondary N) is 2. The predicted octanol–water partition coefficient (Wildman–Crippen LogP) is -0.427. The Hall–Kier alpha value is -0.210. The van der Waals surface area contributed by atoms with Crippen molar-refractivity contribution in [3.63, 3.8) is 0 Å². The summed E-state index contributed by atoms with van der Waals surface area (Å²) in [5, 5.41) is 6.29. The first-order chi connectivity index (χ1) is 8.06. The van der Waals surface area contributed by atoms with Crippen molar-refractivity contribution in [2.45, 2.75) is 25.7 Å². The van der Waals surface area contributed by atoms with Crippen LogP contribution < -0.4 is 16.4 Å². The van der Waals surface area contributed by atoms with Crippen LogP contribution in [0.1, 0.15) is 25.7 Å². The molecule has 0 spiro atoms. The maximum absolute atomic E-state index is 10.4. The van der Waals surface area contributed by atoms with Crippen LogP contribution in [0.15, 0.2) is 0 Å². The Balaban J connectivity index is 3.04. The van der Waals surface area contributed by atoms with Crippen molar-refractivity contribution in [1.29, 1.82) is 0 Å². The van der Waals surface area contributed by atoms with Gasteiger partial charge in [0, 0.05) is 6.54 Å². The molecule has 0 aliphatic rings. The Bertz CT molecular complexity index is 258. The van der Waals surface area contributed by atoms with Gasteiger partial charge in [-0.3, -0.25) is 4.55 Å². The summed E-state index contributed by atoms with van der Waals surface area (Å²) < 4.78 is 29.3. The third-order valence-electron chi connectivity index (χ3n) is 2.30. The molecule has 0 amide bonds. The molecule has 5 N–H and O–H groups in total. The van der Waals surface area contributed by atoms with Crippen LogP contribution in [0.4, 0.5) is 0 Å². The van der Waals surface area contributed by atoms with Gasteiger partial charge in [0.1, 0.15) is 0 Å². The van der Waals surface area contributed by atoms with Crippen LogP contribution in [0, 0.1) is 0 Å². The van der Waals surface area contributed by atoms with Crippen LogP contribution >= 0.6 is 0 Å². The molecule has 104 valence electrons. The Morgan fingerprint density at radius 2 is 1.35 bits per heavy atom. The van der Waals surface area contributed by atoms with E-state index >= 15 is 0 Å². The van der Waals surface area contributed by atoms with Gasteiger partial charge in [-0.25, -0.2) is 0 Å². The SMILES string of the molecule is NCCCCNCCCCNCCS(=O)(=O)O. The van der Waals surface area contributed by atoms with Gasteiger partial charge in [0.05, 0.1) is 5.75 Å². The minimum atomic E-state index is -3.82. The van der Waals surface area contributed by atoms with Crippen molar-refractivity contribution >= 4 is 10.1 Å². The average molecular weight is 267 g/mol. The highest BCUT2D eigenvalue weighted by Crippen LogP contribution is 1.87. The lowest BCUT2D eigenvalue weighted by Crippen LogP contribution is -2.24. The molecule has 0 aromatic carbocycles. The van der Waals surface area contributed by atoms with E-state index in [4.69, 9.17) is 10.3 Å². The maximum Gasteiger partial charge on any atom is 0.266 e. The summed E-state index contributed by atoms with van der Waals surface area (Å²) in [5.74, 6) is -0.218. The third-order valence-corrected chi connectivity index (χ3v) is 3.02. The van der Waals surface area contributed by atoms with Gasteiger partial charge in [-0.1, -0.05) is 0 Å². The Kier molecular flexibility index (Phi) is 10.8. The number of rotatable bonds is 12. The number of hydrogen-bond acceptors (Lipinski definition) is 5. The van der Waals surface area contributed by atoms with Crippen LogP contribution in [-0.2, 0) is 10.1 Å². The Morgan fingerprint density at radius 1 is 0.882 bits per heavy atom. The normalized spacial score (nSPS) is 11.9. The average Bonchev–Trinajstić information content (AvgIpc) is 2.24. The first-order valence-electron chi connectivity index (χ1n) is 6.13. The molecule has 0 radical (unpaired) electrons. The van der Waals surface area contributed by atoms with Gasteiger partial charge in [0.25, 0.3) is 10.1 Å².